The van der Waals surface area contributed by atoms with Crippen LogP contribution in [0.25, 0.3) is 10.4 Å². The molecule has 4 heterocycles. The molecule has 17 heteroatoms. The lowest BCUT2D eigenvalue weighted by molar-refractivity contribution is -0.144. The third kappa shape index (κ3) is 14.8. The van der Waals surface area contributed by atoms with E-state index in [1.807, 2.05) is 81.1 Å². The molecule has 1 unspecified atom stereocenters. The number of pyridine rings is 1. The predicted octanol–water partition coefficient (Wildman–Crippen LogP) is 6.99. The molecule has 4 amide bonds. The maximum absolute atomic E-state index is 13.9. The van der Waals surface area contributed by atoms with Crippen LogP contribution < -0.4 is 21.3 Å². The van der Waals surface area contributed by atoms with Crippen molar-refractivity contribution in [2.45, 2.75) is 111 Å². The minimum atomic E-state index is -0.796. The van der Waals surface area contributed by atoms with Crippen molar-refractivity contribution in [2.75, 3.05) is 58.0 Å². The SMILES string of the molecule is Cc1ncsc1-c1ccc(CNC(=O)C2CCCN2C(=O)[C@@H](NC(=O)CCOCCCOCCOCCNC(=O)C2(Cc3cccc(Nc4nccs4)n3)CCCCC2)C(C)(C)C)cc1. The number of nitrogens with one attached hydrogen (secondary N) is 4. The normalized spacial score (nSPS) is 16.5. The van der Waals surface area contributed by atoms with Crippen LogP contribution in [0.15, 0.2) is 59.6 Å². The molecule has 352 valence electrons. The molecule has 1 aromatic carbocycles. The van der Waals surface area contributed by atoms with Gasteiger partial charge in [0.1, 0.15) is 17.9 Å². The minimum absolute atomic E-state index is 0.0615. The van der Waals surface area contributed by atoms with Crippen LogP contribution in [0, 0.1) is 17.8 Å². The molecule has 1 aliphatic heterocycles. The average molecular weight is 931 g/mol. The number of thiazole rings is 2. The van der Waals surface area contributed by atoms with E-state index in [1.165, 1.54) is 11.3 Å². The number of carbonyl (C=O) groups is 4. The number of aromatic nitrogens is 3. The van der Waals surface area contributed by atoms with Crippen molar-refractivity contribution in [1.29, 1.82) is 0 Å². The molecule has 2 fully saturated rings. The monoisotopic (exact) mass is 930 g/mol. The second kappa shape index (κ2) is 24.6. The van der Waals surface area contributed by atoms with Gasteiger partial charge in [0, 0.05) is 63.0 Å². The van der Waals surface area contributed by atoms with Crippen molar-refractivity contribution in [2.24, 2.45) is 10.8 Å². The number of hydrogen-bond donors (Lipinski definition) is 4. The second-order valence-corrected chi connectivity index (χ2v) is 19.7. The molecule has 1 saturated carbocycles. The van der Waals surface area contributed by atoms with Gasteiger partial charge >= 0.3 is 0 Å². The van der Waals surface area contributed by atoms with E-state index in [9.17, 15) is 19.2 Å². The van der Waals surface area contributed by atoms with E-state index in [4.69, 9.17) is 19.2 Å². The topological polar surface area (TPSA) is 186 Å². The van der Waals surface area contributed by atoms with E-state index in [1.54, 1.807) is 22.4 Å². The van der Waals surface area contributed by atoms with Crippen LogP contribution in [0.1, 0.15) is 95.5 Å². The first kappa shape index (κ1) is 49.6. The predicted molar refractivity (Wildman–Crippen MR) is 254 cm³/mol. The first-order chi connectivity index (χ1) is 31.4. The zero-order chi connectivity index (χ0) is 46.1. The van der Waals surface area contributed by atoms with Gasteiger partial charge in [-0.3, -0.25) is 19.2 Å². The zero-order valence-corrected chi connectivity index (χ0v) is 40.0. The molecule has 65 heavy (non-hydrogen) atoms. The number of nitrogens with zero attached hydrogens (tertiary/aromatic N) is 4. The van der Waals surface area contributed by atoms with Crippen molar-refractivity contribution in [3.05, 3.63) is 76.5 Å². The number of likely N-dealkylation sites (tertiary alicyclic amines) is 1. The van der Waals surface area contributed by atoms with Gasteiger partial charge in [-0.15, -0.1) is 22.7 Å². The standard InChI is InChI=1S/C48H66N8O7S2/c1-34-41(65-33-52-34)36-16-14-35(15-17-36)32-51-43(58)38-12-9-23-56(38)44(59)42(47(2,3)4)55-40(57)18-26-61-24-10-25-62-28-29-63-27-21-49-45(60)48(19-6-5-7-20-48)31-37-11-8-13-39(53-37)54-46-50-22-30-64-46/h8,11,13-17,22,30,33,38,42H,5-7,9-10,12,18-21,23-29,31-32H2,1-4H3,(H,49,60)(H,51,58)(H,55,57)(H,50,53,54)/t38?,42-/m1/s1. The largest absolute Gasteiger partial charge is 0.381 e. The summed E-state index contributed by atoms with van der Waals surface area (Å²) in [5.74, 6) is 0.0597. The van der Waals surface area contributed by atoms with E-state index in [0.717, 1.165) is 70.4 Å². The summed E-state index contributed by atoms with van der Waals surface area (Å²) in [6, 6.07) is 12.5. The number of ether oxygens (including phenoxy) is 3. The fourth-order valence-corrected chi connectivity index (χ4v) is 9.74. The average Bonchev–Trinajstić information content (AvgIpc) is 4.10. The van der Waals surface area contributed by atoms with Crippen LogP contribution in [-0.2, 0) is 46.4 Å². The molecule has 4 N–H and O–H groups in total. The highest BCUT2D eigenvalue weighted by atomic mass is 32.1. The number of aryl methyl sites for hydroxylation is 1. The summed E-state index contributed by atoms with van der Waals surface area (Å²) in [5.41, 5.74) is 4.71. The van der Waals surface area contributed by atoms with Gasteiger partial charge < -0.3 is 40.4 Å². The smallest absolute Gasteiger partial charge is 0.246 e. The van der Waals surface area contributed by atoms with E-state index >= 15 is 0 Å². The molecule has 2 atom stereocenters. The van der Waals surface area contributed by atoms with Crippen LogP contribution in [0.4, 0.5) is 10.9 Å². The Morgan fingerprint density at radius 3 is 2.34 bits per heavy atom. The summed E-state index contributed by atoms with van der Waals surface area (Å²) >= 11 is 3.11. The minimum Gasteiger partial charge on any atom is -0.381 e. The van der Waals surface area contributed by atoms with Crippen LogP contribution in [0.5, 0.6) is 0 Å². The van der Waals surface area contributed by atoms with Gasteiger partial charge in [0.25, 0.3) is 0 Å². The van der Waals surface area contributed by atoms with Gasteiger partial charge in [-0.2, -0.15) is 0 Å². The Morgan fingerprint density at radius 1 is 0.877 bits per heavy atom. The van der Waals surface area contributed by atoms with Crippen molar-refractivity contribution in [1.82, 2.24) is 35.8 Å². The van der Waals surface area contributed by atoms with Gasteiger partial charge in [0.05, 0.1) is 47.9 Å². The van der Waals surface area contributed by atoms with Gasteiger partial charge in [0.2, 0.25) is 23.6 Å². The lowest BCUT2D eigenvalue weighted by atomic mass is 9.70. The fourth-order valence-electron chi connectivity index (χ4n) is 8.39. The van der Waals surface area contributed by atoms with E-state index in [-0.39, 0.29) is 36.7 Å². The second-order valence-electron chi connectivity index (χ2n) is 17.9. The number of rotatable bonds is 24. The van der Waals surface area contributed by atoms with E-state index in [2.05, 4.69) is 31.2 Å². The van der Waals surface area contributed by atoms with E-state index in [0.29, 0.717) is 78.4 Å². The Kier molecular flexibility index (Phi) is 18.8. The van der Waals surface area contributed by atoms with Gasteiger partial charge in [-0.25, -0.2) is 15.0 Å². The maximum Gasteiger partial charge on any atom is 0.246 e. The lowest BCUT2D eigenvalue weighted by Crippen LogP contribution is -2.57. The third-order valence-corrected chi connectivity index (χ3v) is 13.6. The summed E-state index contributed by atoms with van der Waals surface area (Å²) in [6.45, 7) is 11.3. The van der Waals surface area contributed by atoms with Crippen molar-refractivity contribution in [3.8, 4) is 10.4 Å². The number of carbonyl (C=O) groups excluding carboxylic acids is 4. The Balaban J connectivity index is 0.814. The lowest BCUT2D eigenvalue weighted by Gasteiger charge is -2.35. The highest BCUT2D eigenvalue weighted by Gasteiger charge is 2.42. The van der Waals surface area contributed by atoms with E-state index < -0.39 is 22.9 Å². The Labute approximate surface area is 391 Å². The Bertz CT molecular complexity index is 2120. The maximum atomic E-state index is 13.9. The Hall–Kier alpha value is -4.81. The van der Waals surface area contributed by atoms with Crippen LogP contribution in [0.2, 0.25) is 0 Å². The first-order valence-electron chi connectivity index (χ1n) is 22.9. The molecular weight excluding hydrogens is 865 g/mol. The number of benzene rings is 1. The molecular formula is C48H66N8O7S2. The van der Waals surface area contributed by atoms with Crippen LogP contribution >= 0.6 is 22.7 Å². The molecule has 0 radical (unpaired) electrons. The summed E-state index contributed by atoms with van der Waals surface area (Å²) in [5, 5.41) is 15.0. The van der Waals surface area contributed by atoms with Gasteiger partial charge in [0.15, 0.2) is 5.13 Å². The van der Waals surface area contributed by atoms with Crippen molar-refractivity contribution < 1.29 is 33.4 Å². The summed E-state index contributed by atoms with van der Waals surface area (Å²) in [7, 11) is 0. The molecule has 1 saturated heterocycles. The van der Waals surface area contributed by atoms with Crippen LogP contribution in [0.3, 0.4) is 0 Å². The Morgan fingerprint density at radius 2 is 1.63 bits per heavy atom. The molecule has 6 rings (SSSR count). The highest BCUT2D eigenvalue weighted by molar-refractivity contribution is 7.13. The zero-order valence-electron chi connectivity index (χ0n) is 38.3. The van der Waals surface area contributed by atoms with Gasteiger partial charge in [-0.05, 0) is 67.7 Å². The number of hydrogen-bond acceptors (Lipinski definition) is 13. The van der Waals surface area contributed by atoms with Crippen molar-refractivity contribution in [3.63, 3.8) is 0 Å². The number of anilines is 2. The quantitative estimate of drug-likeness (QED) is 0.0531. The molecule has 1 aliphatic carbocycles. The molecule has 4 aromatic rings. The highest BCUT2D eigenvalue weighted by Crippen LogP contribution is 2.39. The van der Waals surface area contributed by atoms with Gasteiger partial charge in [-0.1, -0.05) is 70.4 Å². The fraction of sp³-hybridized carbons (Fsp3) is 0.562. The third-order valence-electron chi connectivity index (χ3n) is 11.9. The summed E-state index contributed by atoms with van der Waals surface area (Å²) in [6.07, 6.45) is 9.24. The molecule has 3 aromatic heterocycles. The molecule has 15 nitrogen and oxygen atoms in total. The molecule has 0 bridgehead atoms. The first-order valence-corrected chi connectivity index (χ1v) is 24.7. The number of amides is 4. The summed E-state index contributed by atoms with van der Waals surface area (Å²) in [4.78, 5) is 70.0. The summed E-state index contributed by atoms with van der Waals surface area (Å²) < 4.78 is 17.1. The van der Waals surface area contributed by atoms with Crippen molar-refractivity contribution >= 4 is 57.3 Å². The molecule has 0 spiro atoms. The molecule has 2 aliphatic rings. The van der Waals surface area contributed by atoms with Crippen LogP contribution in [-0.4, -0.2) is 108 Å².